The molecule has 8 nitrogen and oxygen atoms in total. The number of hydrogen-bond acceptors (Lipinski definition) is 6. The van der Waals surface area contributed by atoms with Gasteiger partial charge in [0.2, 0.25) is 18.5 Å². The van der Waals surface area contributed by atoms with Gasteiger partial charge in [-0.15, -0.1) is 5.10 Å². The van der Waals surface area contributed by atoms with Gasteiger partial charge in [0.1, 0.15) is 0 Å². The van der Waals surface area contributed by atoms with Crippen LogP contribution in [0.5, 0.6) is 11.5 Å². The fourth-order valence-corrected chi connectivity index (χ4v) is 4.01. The van der Waals surface area contributed by atoms with Gasteiger partial charge < -0.3 is 14.8 Å². The average Bonchev–Trinajstić information content (AvgIpc) is 3.41. The van der Waals surface area contributed by atoms with E-state index in [0.29, 0.717) is 23.2 Å². The topological polar surface area (TPSA) is 93.5 Å². The molecule has 1 atom stereocenters. The van der Waals surface area contributed by atoms with E-state index in [0.717, 1.165) is 22.3 Å². The molecule has 2 aromatic heterocycles. The van der Waals surface area contributed by atoms with E-state index >= 15 is 0 Å². The number of hydrogen-bond donors (Lipinski definition) is 2. The predicted octanol–water partition coefficient (Wildman–Crippen LogP) is 2.74. The van der Waals surface area contributed by atoms with Gasteiger partial charge in [0, 0.05) is 6.54 Å². The zero-order valence-electron chi connectivity index (χ0n) is 15.0. The molecule has 0 aliphatic carbocycles. The SMILES string of the molecule is C[C@@H](Sc1n[nH]c2nc3ccccc3n12)C(=O)NCc1ccc2c(c1)OCO2. The number of aromatic nitrogens is 4. The Morgan fingerprint density at radius 2 is 2.14 bits per heavy atom. The van der Waals surface area contributed by atoms with Crippen LogP contribution in [0.4, 0.5) is 0 Å². The van der Waals surface area contributed by atoms with E-state index < -0.39 is 0 Å². The van der Waals surface area contributed by atoms with Crippen LogP contribution in [0.2, 0.25) is 0 Å². The number of para-hydroxylation sites is 2. The minimum atomic E-state index is -0.318. The smallest absolute Gasteiger partial charge is 0.233 e. The number of imidazole rings is 1. The van der Waals surface area contributed by atoms with E-state index in [2.05, 4.69) is 20.5 Å². The Balaban J connectivity index is 1.28. The molecule has 0 spiro atoms. The normalized spacial score (nSPS) is 13.9. The van der Waals surface area contributed by atoms with E-state index in [1.807, 2.05) is 53.8 Å². The molecule has 1 amide bonds. The van der Waals surface area contributed by atoms with Crippen molar-refractivity contribution in [2.45, 2.75) is 23.9 Å². The highest BCUT2D eigenvalue weighted by Gasteiger charge is 2.20. The first-order chi connectivity index (χ1) is 13.7. The molecule has 2 aromatic carbocycles. The summed E-state index contributed by atoms with van der Waals surface area (Å²) in [4.78, 5) is 17.1. The summed E-state index contributed by atoms with van der Waals surface area (Å²) >= 11 is 1.39. The van der Waals surface area contributed by atoms with Crippen LogP contribution >= 0.6 is 11.8 Å². The number of carbonyl (C=O) groups is 1. The van der Waals surface area contributed by atoms with Gasteiger partial charge in [-0.3, -0.25) is 9.20 Å². The lowest BCUT2D eigenvalue weighted by Crippen LogP contribution is -2.30. The molecule has 2 N–H and O–H groups in total. The number of H-pyrrole nitrogens is 1. The summed E-state index contributed by atoms with van der Waals surface area (Å²) in [6.45, 7) is 2.52. The van der Waals surface area contributed by atoms with Gasteiger partial charge in [0.15, 0.2) is 16.7 Å². The second kappa shape index (κ2) is 6.75. The largest absolute Gasteiger partial charge is 0.454 e. The molecular formula is C19H17N5O3S. The lowest BCUT2D eigenvalue weighted by Gasteiger charge is -2.11. The second-order valence-electron chi connectivity index (χ2n) is 6.43. The molecule has 0 bridgehead atoms. The fourth-order valence-electron chi connectivity index (χ4n) is 3.12. The standard InChI is InChI=1S/C19H17N5O3S/c1-11(17(25)20-9-12-6-7-15-16(8-12)27-10-26-15)28-19-23-22-18-21-13-4-2-3-5-14(13)24(18)19/h2-8,11H,9-10H2,1H3,(H,20,25)(H,21,22)/t11-/m1/s1. The van der Waals surface area contributed by atoms with Gasteiger partial charge in [-0.05, 0) is 36.8 Å². The first kappa shape index (κ1) is 16.9. The summed E-state index contributed by atoms with van der Waals surface area (Å²) in [7, 11) is 0. The van der Waals surface area contributed by atoms with Crippen molar-refractivity contribution in [1.29, 1.82) is 0 Å². The van der Waals surface area contributed by atoms with Crippen molar-refractivity contribution in [3.63, 3.8) is 0 Å². The van der Waals surface area contributed by atoms with Gasteiger partial charge >= 0.3 is 0 Å². The molecule has 142 valence electrons. The number of amides is 1. The highest BCUT2D eigenvalue weighted by Crippen LogP contribution is 2.32. The van der Waals surface area contributed by atoms with E-state index in [-0.39, 0.29) is 18.0 Å². The molecule has 0 unspecified atom stereocenters. The van der Waals surface area contributed by atoms with Gasteiger partial charge in [-0.25, -0.2) is 10.1 Å². The number of thioether (sulfide) groups is 1. The molecule has 3 heterocycles. The number of nitrogens with one attached hydrogen (secondary N) is 2. The van der Waals surface area contributed by atoms with Crippen molar-refractivity contribution >= 4 is 34.5 Å². The number of carbonyl (C=O) groups excluding carboxylic acids is 1. The van der Waals surface area contributed by atoms with Gasteiger partial charge in [0.05, 0.1) is 16.3 Å². The van der Waals surface area contributed by atoms with Crippen LogP contribution < -0.4 is 14.8 Å². The zero-order valence-corrected chi connectivity index (χ0v) is 15.8. The molecule has 4 aromatic rings. The summed E-state index contributed by atoms with van der Waals surface area (Å²) in [5.41, 5.74) is 2.80. The van der Waals surface area contributed by atoms with E-state index in [4.69, 9.17) is 9.47 Å². The van der Waals surface area contributed by atoms with Crippen molar-refractivity contribution in [3.8, 4) is 11.5 Å². The molecule has 5 rings (SSSR count). The predicted molar refractivity (Wildman–Crippen MR) is 105 cm³/mol. The van der Waals surface area contributed by atoms with Crippen LogP contribution in [0, 0.1) is 0 Å². The number of aromatic amines is 1. The van der Waals surface area contributed by atoms with Gasteiger partial charge in [-0.2, -0.15) is 0 Å². The zero-order chi connectivity index (χ0) is 19.1. The highest BCUT2D eigenvalue weighted by atomic mass is 32.2. The Labute approximate surface area is 164 Å². The van der Waals surface area contributed by atoms with E-state index in [9.17, 15) is 4.79 Å². The van der Waals surface area contributed by atoms with Crippen LogP contribution in [0.3, 0.4) is 0 Å². The molecule has 28 heavy (non-hydrogen) atoms. The third-order valence-electron chi connectivity index (χ3n) is 4.56. The summed E-state index contributed by atoms with van der Waals surface area (Å²) in [5.74, 6) is 2.04. The van der Waals surface area contributed by atoms with Crippen LogP contribution in [0.15, 0.2) is 47.6 Å². The Bertz CT molecular complexity index is 1180. The molecule has 0 radical (unpaired) electrons. The number of nitrogens with zero attached hydrogens (tertiary/aromatic N) is 3. The van der Waals surface area contributed by atoms with E-state index in [1.54, 1.807) is 0 Å². The number of ether oxygens (including phenoxy) is 2. The third-order valence-corrected chi connectivity index (χ3v) is 5.61. The van der Waals surface area contributed by atoms with Gasteiger partial charge in [0.25, 0.3) is 0 Å². The summed E-state index contributed by atoms with van der Waals surface area (Å²) in [5, 5.41) is 10.6. The van der Waals surface area contributed by atoms with Crippen LogP contribution in [0.25, 0.3) is 16.8 Å². The van der Waals surface area contributed by atoms with Gasteiger partial charge in [-0.1, -0.05) is 30.0 Å². The van der Waals surface area contributed by atoms with Crippen molar-refractivity contribution < 1.29 is 14.3 Å². The van der Waals surface area contributed by atoms with Crippen molar-refractivity contribution in [1.82, 2.24) is 24.9 Å². The quantitative estimate of drug-likeness (QED) is 0.505. The maximum Gasteiger partial charge on any atom is 0.233 e. The third kappa shape index (κ3) is 2.93. The molecule has 0 saturated heterocycles. The lowest BCUT2D eigenvalue weighted by atomic mass is 10.2. The summed E-state index contributed by atoms with van der Waals surface area (Å²) < 4.78 is 12.6. The van der Waals surface area contributed by atoms with Crippen molar-refractivity contribution in [3.05, 3.63) is 48.0 Å². The highest BCUT2D eigenvalue weighted by molar-refractivity contribution is 8.00. The second-order valence-corrected chi connectivity index (χ2v) is 7.74. The first-order valence-electron chi connectivity index (χ1n) is 8.83. The van der Waals surface area contributed by atoms with E-state index in [1.165, 1.54) is 11.8 Å². The maximum atomic E-state index is 12.6. The van der Waals surface area contributed by atoms with Crippen LogP contribution in [-0.4, -0.2) is 37.5 Å². The minimum Gasteiger partial charge on any atom is -0.454 e. The minimum absolute atomic E-state index is 0.0664. The molecule has 0 fully saturated rings. The lowest BCUT2D eigenvalue weighted by molar-refractivity contribution is -0.120. The van der Waals surface area contributed by atoms with Crippen LogP contribution in [-0.2, 0) is 11.3 Å². The Morgan fingerprint density at radius 3 is 3.07 bits per heavy atom. The molecule has 1 aliphatic heterocycles. The average molecular weight is 395 g/mol. The molecule has 1 aliphatic rings. The van der Waals surface area contributed by atoms with Crippen molar-refractivity contribution in [2.75, 3.05) is 6.79 Å². The molecule has 9 heteroatoms. The number of fused-ring (bicyclic) bond motifs is 4. The van der Waals surface area contributed by atoms with Crippen molar-refractivity contribution in [2.24, 2.45) is 0 Å². The Kier molecular flexibility index (Phi) is 4.09. The number of benzene rings is 2. The fraction of sp³-hybridized carbons (Fsp3) is 0.211. The Morgan fingerprint density at radius 1 is 1.29 bits per heavy atom. The molecular weight excluding hydrogens is 378 g/mol. The summed E-state index contributed by atoms with van der Waals surface area (Å²) in [6, 6.07) is 13.5. The number of rotatable bonds is 5. The maximum absolute atomic E-state index is 12.6. The monoisotopic (exact) mass is 395 g/mol. The summed E-state index contributed by atoms with van der Waals surface area (Å²) in [6.07, 6.45) is 0. The Hall–Kier alpha value is -3.20. The first-order valence-corrected chi connectivity index (χ1v) is 9.71. The molecule has 0 saturated carbocycles. The van der Waals surface area contributed by atoms with Crippen LogP contribution in [0.1, 0.15) is 12.5 Å².